The molecule has 0 aromatic heterocycles. The maximum atomic E-state index is 12.8. The smallest absolute Gasteiger partial charge is 0.258 e. The summed E-state index contributed by atoms with van der Waals surface area (Å²) in [6.45, 7) is 0.708. The summed E-state index contributed by atoms with van der Waals surface area (Å²) < 4.78 is 0.799. The van der Waals surface area contributed by atoms with Crippen LogP contribution in [0.5, 0.6) is 0 Å². The lowest BCUT2D eigenvalue weighted by atomic mass is 10.00. The van der Waals surface area contributed by atoms with Crippen LogP contribution in [-0.2, 0) is 6.42 Å². The summed E-state index contributed by atoms with van der Waals surface area (Å²) in [6, 6.07) is 10.9. The average Bonchev–Trinajstić information content (AvgIpc) is 2.44. The number of rotatable bonds is 1. The molecule has 108 valence electrons. The van der Waals surface area contributed by atoms with Gasteiger partial charge in [-0.25, -0.2) is 0 Å². The van der Waals surface area contributed by atoms with Crippen LogP contribution in [0.3, 0.4) is 0 Å². The van der Waals surface area contributed by atoms with E-state index in [1.165, 1.54) is 0 Å². The summed E-state index contributed by atoms with van der Waals surface area (Å²) in [5, 5.41) is 0.544. The van der Waals surface area contributed by atoms with Gasteiger partial charge in [-0.3, -0.25) is 4.79 Å². The van der Waals surface area contributed by atoms with E-state index in [2.05, 4.69) is 15.9 Å². The molecule has 2 N–H and O–H groups in total. The first-order valence-corrected chi connectivity index (χ1v) is 7.88. The molecule has 3 nitrogen and oxygen atoms in total. The van der Waals surface area contributed by atoms with E-state index in [-0.39, 0.29) is 5.91 Å². The van der Waals surface area contributed by atoms with Gasteiger partial charge in [-0.1, -0.05) is 27.5 Å². The monoisotopic (exact) mass is 364 g/mol. The Morgan fingerprint density at radius 1 is 1.24 bits per heavy atom. The molecule has 21 heavy (non-hydrogen) atoms. The zero-order valence-corrected chi connectivity index (χ0v) is 13.6. The number of carbonyl (C=O) groups is 1. The molecule has 0 aliphatic carbocycles. The second kappa shape index (κ2) is 5.70. The SMILES string of the molecule is Nc1ccc2c(c1)CCCN2C(=O)c1cc(Cl)cc(Br)c1. The number of nitrogen functional groups attached to an aromatic ring is 1. The normalized spacial score (nSPS) is 13.9. The Bertz CT molecular complexity index is 697. The molecule has 0 unspecified atom stereocenters. The molecule has 0 saturated carbocycles. The first-order valence-electron chi connectivity index (χ1n) is 6.71. The van der Waals surface area contributed by atoms with Crippen LogP contribution in [-0.4, -0.2) is 12.5 Å². The van der Waals surface area contributed by atoms with E-state index in [0.29, 0.717) is 17.1 Å². The number of nitrogens with two attached hydrogens (primary N) is 1. The fraction of sp³-hybridized carbons (Fsp3) is 0.188. The van der Waals surface area contributed by atoms with Crippen molar-refractivity contribution in [2.45, 2.75) is 12.8 Å². The predicted octanol–water partition coefficient (Wildman–Crippen LogP) is 4.28. The van der Waals surface area contributed by atoms with Crippen molar-refractivity contribution < 1.29 is 4.79 Å². The largest absolute Gasteiger partial charge is 0.399 e. The van der Waals surface area contributed by atoms with E-state index < -0.39 is 0 Å². The van der Waals surface area contributed by atoms with Crippen LogP contribution in [0.2, 0.25) is 5.02 Å². The van der Waals surface area contributed by atoms with Crippen LogP contribution in [0.25, 0.3) is 0 Å². The minimum atomic E-state index is -0.0380. The molecule has 3 rings (SSSR count). The number of hydrogen-bond donors (Lipinski definition) is 1. The van der Waals surface area contributed by atoms with Gasteiger partial charge in [0.05, 0.1) is 0 Å². The maximum absolute atomic E-state index is 12.8. The van der Waals surface area contributed by atoms with Gasteiger partial charge in [0.15, 0.2) is 0 Å². The van der Waals surface area contributed by atoms with Crippen LogP contribution >= 0.6 is 27.5 Å². The lowest BCUT2D eigenvalue weighted by molar-refractivity contribution is 0.0985. The standard InChI is InChI=1S/C16H14BrClN2O/c17-12-6-11(7-13(18)9-12)16(21)20-5-1-2-10-8-14(19)3-4-15(10)20/h3-4,6-9H,1-2,5,19H2. The van der Waals surface area contributed by atoms with Crippen LogP contribution in [0.4, 0.5) is 11.4 Å². The molecule has 1 aliphatic heterocycles. The Morgan fingerprint density at radius 2 is 2.05 bits per heavy atom. The van der Waals surface area contributed by atoms with Gasteiger partial charge < -0.3 is 10.6 Å². The Morgan fingerprint density at radius 3 is 2.81 bits per heavy atom. The van der Waals surface area contributed by atoms with Gasteiger partial charge in [0, 0.05) is 33.0 Å². The van der Waals surface area contributed by atoms with Gasteiger partial charge in [0.2, 0.25) is 0 Å². The van der Waals surface area contributed by atoms with Crippen LogP contribution in [0, 0.1) is 0 Å². The number of amides is 1. The second-order valence-corrected chi connectivity index (χ2v) is 6.46. The summed E-state index contributed by atoms with van der Waals surface area (Å²) in [7, 11) is 0. The number of fused-ring (bicyclic) bond motifs is 1. The first kappa shape index (κ1) is 14.4. The van der Waals surface area contributed by atoms with Gasteiger partial charge in [-0.2, -0.15) is 0 Å². The predicted molar refractivity (Wildman–Crippen MR) is 90.0 cm³/mol. The van der Waals surface area contributed by atoms with Gasteiger partial charge in [0.25, 0.3) is 5.91 Å². The highest BCUT2D eigenvalue weighted by Gasteiger charge is 2.24. The van der Waals surface area contributed by atoms with Crippen molar-refractivity contribution in [2.24, 2.45) is 0 Å². The third kappa shape index (κ3) is 2.92. The Labute approximate surface area is 136 Å². The van der Waals surface area contributed by atoms with Gasteiger partial charge in [0.1, 0.15) is 0 Å². The van der Waals surface area contributed by atoms with Crippen LogP contribution in [0.1, 0.15) is 22.3 Å². The summed E-state index contributed by atoms with van der Waals surface area (Å²) in [5.74, 6) is -0.0380. The fourth-order valence-corrected chi connectivity index (χ4v) is 3.52. The van der Waals surface area contributed by atoms with Crippen molar-refractivity contribution in [1.29, 1.82) is 0 Å². The number of hydrogen-bond acceptors (Lipinski definition) is 2. The number of aryl methyl sites for hydroxylation is 1. The molecule has 1 heterocycles. The van der Waals surface area contributed by atoms with E-state index >= 15 is 0 Å². The highest BCUT2D eigenvalue weighted by atomic mass is 79.9. The van der Waals surface area contributed by atoms with Crippen molar-refractivity contribution in [2.75, 3.05) is 17.2 Å². The molecule has 2 aromatic rings. The molecular weight excluding hydrogens is 352 g/mol. The number of anilines is 2. The fourth-order valence-electron chi connectivity index (χ4n) is 2.66. The van der Waals surface area contributed by atoms with E-state index in [9.17, 15) is 4.79 Å². The summed E-state index contributed by atoms with van der Waals surface area (Å²) in [5.41, 5.74) is 9.20. The lowest BCUT2D eigenvalue weighted by Gasteiger charge is -2.30. The first-order chi connectivity index (χ1) is 10.0. The van der Waals surface area contributed by atoms with Crippen LogP contribution in [0.15, 0.2) is 40.9 Å². The zero-order valence-electron chi connectivity index (χ0n) is 11.3. The van der Waals surface area contributed by atoms with Crippen molar-refractivity contribution in [3.8, 4) is 0 Å². The maximum Gasteiger partial charge on any atom is 0.258 e. The van der Waals surface area contributed by atoms with Gasteiger partial charge >= 0.3 is 0 Å². The third-order valence-corrected chi connectivity index (χ3v) is 4.25. The van der Waals surface area contributed by atoms with E-state index in [4.69, 9.17) is 17.3 Å². The summed E-state index contributed by atoms with van der Waals surface area (Å²) in [6.07, 6.45) is 1.88. The Balaban J connectivity index is 2.00. The average molecular weight is 366 g/mol. The highest BCUT2D eigenvalue weighted by Crippen LogP contribution is 2.31. The quantitative estimate of drug-likeness (QED) is 0.767. The number of nitrogens with zero attached hydrogens (tertiary/aromatic N) is 1. The van der Waals surface area contributed by atoms with E-state index in [0.717, 1.165) is 34.3 Å². The number of carbonyl (C=O) groups excluding carboxylic acids is 1. The molecule has 1 amide bonds. The minimum absolute atomic E-state index is 0.0380. The summed E-state index contributed by atoms with van der Waals surface area (Å²) in [4.78, 5) is 14.6. The van der Waals surface area contributed by atoms with Crippen molar-refractivity contribution in [3.63, 3.8) is 0 Å². The Kier molecular flexibility index (Phi) is 3.91. The minimum Gasteiger partial charge on any atom is -0.399 e. The molecule has 0 bridgehead atoms. The van der Waals surface area contributed by atoms with E-state index in [1.54, 1.807) is 23.1 Å². The van der Waals surface area contributed by atoms with Crippen molar-refractivity contribution in [3.05, 3.63) is 57.0 Å². The second-order valence-electron chi connectivity index (χ2n) is 5.11. The van der Waals surface area contributed by atoms with Crippen molar-refractivity contribution in [1.82, 2.24) is 0 Å². The molecule has 0 fully saturated rings. The molecule has 2 aromatic carbocycles. The van der Waals surface area contributed by atoms with Gasteiger partial charge in [-0.15, -0.1) is 0 Å². The molecule has 0 atom stereocenters. The molecule has 0 spiro atoms. The van der Waals surface area contributed by atoms with E-state index in [1.807, 2.05) is 18.2 Å². The molecule has 5 heteroatoms. The lowest BCUT2D eigenvalue weighted by Crippen LogP contribution is -2.35. The topological polar surface area (TPSA) is 46.3 Å². The van der Waals surface area contributed by atoms with Crippen molar-refractivity contribution >= 4 is 44.8 Å². The number of halogens is 2. The number of benzene rings is 2. The third-order valence-electron chi connectivity index (χ3n) is 3.58. The molecular formula is C16H14BrClN2O. The summed E-state index contributed by atoms with van der Waals surface area (Å²) >= 11 is 9.41. The van der Waals surface area contributed by atoms with Gasteiger partial charge in [-0.05, 0) is 54.8 Å². The highest BCUT2D eigenvalue weighted by molar-refractivity contribution is 9.10. The molecule has 0 saturated heterocycles. The zero-order chi connectivity index (χ0) is 15.0. The van der Waals surface area contributed by atoms with Crippen LogP contribution < -0.4 is 10.6 Å². The molecule has 0 radical (unpaired) electrons. The Hall–Kier alpha value is -1.52. The molecule has 1 aliphatic rings.